The zero-order chi connectivity index (χ0) is 25.8. The maximum atomic E-state index is 13.6. The van der Waals surface area contributed by atoms with Crippen LogP contribution in [0.4, 0.5) is 0 Å². The van der Waals surface area contributed by atoms with Crippen molar-refractivity contribution in [3.05, 3.63) is 77.7 Å². The van der Waals surface area contributed by atoms with Crippen LogP contribution in [0.1, 0.15) is 40.1 Å². The van der Waals surface area contributed by atoms with E-state index in [1.54, 1.807) is 53.6 Å². The number of benzene rings is 1. The first-order chi connectivity index (χ1) is 17.3. The van der Waals surface area contributed by atoms with Gasteiger partial charge < -0.3 is 19.6 Å². The van der Waals surface area contributed by atoms with Crippen molar-refractivity contribution >= 4 is 11.8 Å². The second-order valence-electron chi connectivity index (χ2n) is 9.49. The van der Waals surface area contributed by atoms with Gasteiger partial charge in [0.15, 0.2) is 0 Å². The Balaban J connectivity index is 1.68. The molecule has 1 aliphatic rings. The Bertz CT molecular complexity index is 1220. The summed E-state index contributed by atoms with van der Waals surface area (Å²) in [5, 5.41) is 9.87. The van der Waals surface area contributed by atoms with Crippen LogP contribution >= 0.6 is 0 Å². The minimum Gasteiger partial charge on any atom is -0.472 e. The van der Waals surface area contributed by atoms with Gasteiger partial charge in [-0.3, -0.25) is 14.6 Å². The highest BCUT2D eigenvalue weighted by Gasteiger charge is 2.35. The smallest absolute Gasteiger partial charge is 0.259 e. The zero-order valence-corrected chi connectivity index (χ0v) is 21.1. The standard InChI is InChI=1S/C28H32N4O4/c1-18-5-7-21(8-6-18)23-13-24-26(30-14-23)36-25(19(2)15-32(28(24)35)20(3)17-33)16-31(4)27(34)22-9-11-29-12-10-22/h5-14,19-20,25,33H,15-17H2,1-4H3/t19-,20-,25+/m0/s1. The predicted molar refractivity (Wildman–Crippen MR) is 137 cm³/mol. The Morgan fingerprint density at radius 3 is 2.56 bits per heavy atom. The lowest BCUT2D eigenvalue weighted by Gasteiger charge is -2.37. The number of aryl methyl sites for hydroxylation is 1. The number of fused-ring (bicyclic) bond motifs is 1. The highest BCUT2D eigenvalue weighted by atomic mass is 16.5. The molecule has 2 amide bonds. The van der Waals surface area contributed by atoms with Gasteiger partial charge in [-0.1, -0.05) is 36.8 Å². The number of ether oxygens (including phenoxy) is 1. The van der Waals surface area contributed by atoms with Crippen LogP contribution in [0.15, 0.2) is 61.1 Å². The first kappa shape index (κ1) is 25.3. The van der Waals surface area contributed by atoms with E-state index in [1.165, 1.54) is 0 Å². The minimum atomic E-state index is -0.418. The lowest BCUT2D eigenvalue weighted by Crippen LogP contribution is -2.50. The van der Waals surface area contributed by atoms with Gasteiger partial charge in [-0.2, -0.15) is 0 Å². The van der Waals surface area contributed by atoms with Crippen molar-refractivity contribution in [3.8, 4) is 17.0 Å². The van der Waals surface area contributed by atoms with E-state index >= 15 is 0 Å². The number of likely N-dealkylation sites (N-methyl/N-ethyl adjacent to an activating group) is 1. The number of nitrogens with zero attached hydrogens (tertiary/aromatic N) is 4. The van der Waals surface area contributed by atoms with Gasteiger partial charge in [-0.25, -0.2) is 4.98 Å². The first-order valence-corrected chi connectivity index (χ1v) is 12.1. The zero-order valence-electron chi connectivity index (χ0n) is 21.1. The summed E-state index contributed by atoms with van der Waals surface area (Å²) in [7, 11) is 1.73. The molecule has 3 aromatic rings. The fourth-order valence-corrected chi connectivity index (χ4v) is 4.29. The summed E-state index contributed by atoms with van der Waals surface area (Å²) in [5.41, 5.74) is 3.77. The number of rotatable bonds is 6. The van der Waals surface area contributed by atoms with Crippen LogP contribution in [-0.4, -0.2) is 75.6 Å². The van der Waals surface area contributed by atoms with Crippen molar-refractivity contribution in [3.63, 3.8) is 0 Å². The van der Waals surface area contributed by atoms with E-state index in [0.717, 1.165) is 16.7 Å². The fourth-order valence-electron chi connectivity index (χ4n) is 4.29. The molecule has 0 aliphatic carbocycles. The number of aliphatic hydroxyl groups excluding tert-OH is 1. The SMILES string of the molecule is Cc1ccc(-c2cnc3c(c2)C(=O)N([C@@H](C)CO)C[C@H](C)[C@@H](CN(C)C(=O)c2ccncc2)O3)cc1. The molecule has 8 heteroatoms. The Morgan fingerprint density at radius 1 is 1.19 bits per heavy atom. The summed E-state index contributed by atoms with van der Waals surface area (Å²) in [6.07, 6.45) is 4.45. The van der Waals surface area contributed by atoms with Gasteiger partial charge in [-0.05, 0) is 37.6 Å². The molecule has 0 saturated carbocycles. The largest absolute Gasteiger partial charge is 0.472 e. The second kappa shape index (κ2) is 10.9. The topological polar surface area (TPSA) is 95.9 Å². The molecule has 0 fully saturated rings. The van der Waals surface area contributed by atoms with Gasteiger partial charge in [0.1, 0.15) is 11.7 Å². The molecule has 2 aromatic heterocycles. The summed E-state index contributed by atoms with van der Waals surface area (Å²) in [5.74, 6) is -0.274. The van der Waals surface area contributed by atoms with Gasteiger partial charge >= 0.3 is 0 Å². The monoisotopic (exact) mass is 488 g/mol. The third-order valence-electron chi connectivity index (χ3n) is 6.63. The summed E-state index contributed by atoms with van der Waals surface area (Å²) < 4.78 is 6.32. The molecular weight excluding hydrogens is 456 g/mol. The van der Waals surface area contributed by atoms with Crippen LogP contribution in [0.5, 0.6) is 5.88 Å². The van der Waals surface area contributed by atoms with Crippen molar-refractivity contribution < 1.29 is 19.4 Å². The molecule has 4 rings (SSSR count). The lowest BCUT2D eigenvalue weighted by molar-refractivity contribution is 0.0313. The van der Waals surface area contributed by atoms with Crippen LogP contribution in [0.2, 0.25) is 0 Å². The summed E-state index contributed by atoms with van der Waals surface area (Å²) in [6, 6.07) is 12.8. The average molecular weight is 489 g/mol. The molecule has 0 bridgehead atoms. The van der Waals surface area contributed by atoms with Crippen molar-refractivity contribution in [1.82, 2.24) is 19.8 Å². The number of aromatic nitrogens is 2. The van der Waals surface area contributed by atoms with Crippen molar-refractivity contribution in [1.29, 1.82) is 0 Å². The summed E-state index contributed by atoms with van der Waals surface area (Å²) >= 11 is 0. The van der Waals surface area contributed by atoms with Gasteiger partial charge in [0.25, 0.3) is 11.8 Å². The van der Waals surface area contributed by atoms with Crippen LogP contribution in [0.25, 0.3) is 11.1 Å². The molecule has 3 heterocycles. The van der Waals surface area contributed by atoms with Gasteiger partial charge in [-0.15, -0.1) is 0 Å². The number of aliphatic hydroxyl groups is 1. The molecule has 1 N–H and O–H groups in total. The third kappa shape index (κ3) is 5.39. The highest BCUT2D eigenvalue weighted by molar-refractivity contribution is 5.98. The molecule has 0 spiro atoms. The number of hydrogen-bond acceptors (Lipinski definition) is 6. The van der Waals surface area contributed by atoms with E-state index in [1.807, 2.05) is 45.0 Å². The molecule has 36 heavy (non-hydrogen) atoms. The average Bonchev–Trinajstić information content (AvgIpc) is 2.90. The molecule has 1 aliphatic heterocycles. The summed E-state index contributed by atoms with van der Waals surface area (Å²) in [6.45, 7) is 6.33. The van der Waals surface area contributed by atoms with Gasteiger partial charge in [0.2, 0.25) is 5.88 Å². The Hall–Kier alpha value is -3.78. The molecule has 188 valence electrons. The van der Waals surface area contributed by atoms with E-state index in [0.29, 0.717) is 24.2 Å². The molecule has 3 atom stereocenters. The number of carbonyl (C=O) groups is 2. The van der Waals surface area contributed by atoms with Crippen molar-refractivity contribution in [2.45, 2.75) is 32.9 Å². The van der Waals surface area contributed by atoms with Crippen LogP contribution in [-0.2, 0) is 0 Å². The fraction of sp³-hybridized carbons (Fsp3) is 0.357. The normalized spacial score (nSPS) is 18.5. The molecule has 0 unspecified atom stereocenters. The number of pyridine rings is 2. The van der Waals surface area contributed by atoms with Crippen molar-refractivity contribution in [2.24, 2.45) is 5.92 Å². The van der Waals surface area contributed by atoms with E-state index in [2.05, 4.69) is 9.97 Å². The maximum absolute atomic E-state index is 13.6. The predicted octanol–water partition coefficient (Wildman–Crippen LogP) is 3.44. The highest BCUT2D eigenvalue weighted by Crippen LogP contribution is 2.30. The second-order valence-corrected chi connectivity index (χ2v) is 9.49. The molecule has 8 nitrogen and oxygen atoms in total. The Kier molecular flexibility index (Phi) is 7.64. The van der Waals surface area contributed by atoms with Crippen molar-refractivity contribution in [2.75, 3.05) is 26.7 Å². The third-order valence-corrected chi connectivity index (χ3v) is 6.63. The van der Waals surface area contributed by atoms with E-state index in [-0.39, 0.29) is 36.3 Å². The Morgan fingerprint density at radius 2 is 1.89 bits per heavy atom. The van der Waals surface area contributed by atoms with E-state index in [9.17, 15) is 14.7 Å². The van der Waals surface area contributed by atoms with Gasteiger partial charge in [0.05, 0.1) is 19.2 Å². The lowest BCUT2D eigenvalue weighted by atomic mass is 9.99. The minimum absolute atomic E-state index is 0.123. The molecular formula is C28H32N4O4. The molecule has 1 aromatic carbocycles. The maximum Gasteiger partial charge on any atom is 0.259 e. The Labute approximate surface area is 211 Å². The van der Waals surface area contributed by atoms with Crippen LogP contribution in [0.3, 0.4) is 0 Å². The quantitative estimate of drug-likeness (QED) is 0.571. The van der Waals surface area contributed by atoms with Gasteiger partial charge in [0, 0.05) is 49.2 Å². The first-order valence-electron chi connectivity index (χ1n) is 12.1. The molecule has 0 radical (unpaired) electrons. The van der Waals surface area contributed by atoms with Crippen LogP contribution in [0, 0.1) is 12.8 Å². The molecule has 0 saturated heterocycles. The van der Waals surface area contributed by atoms with Crippen LogP contribution < -0.4 is 4.74 Å². The number of carbonyl (C=O) groups excluding carboxylic acids is 2. The van der Waals surface area contributed by atoms with E-state index < -0.39 is 6.10 Å². The van der Waals surface area contributed by atoms with E-state index in [4.69, 9.17) is 4.74 Å². The number of hydrogen-bond donors (Lipinski definition) is 1. The number of amides is 2. The summed E-state index contributed by atoms with van der Waals surface area (Å²) in [4.78, 5) is 38.4.